The molecule has 7 nitrogen and oxygen atoms in total. The topological polar surface area (TPSA) is 90.5 Å². The van der Waals surface area contributed by atoms with Gasteiger partial charge < -0.3 is 15.5 Å². The quantitative estimate of drug-likeness (QED) is 0.647. The lowest BCUT2D eigenvalue weighted by atomic mass is 9.93. The number of carbonyl (C=O) groups excluding carboxylic acids is 3. The first-order chi connectivity index (χ1) is 13.6. The summed E-state index contributed by atoms with van der Waals surface area (Å²) in [5.74, 6) is -0.0301. The third-order valence-corrected chi connectivity index (χ3v) is 6.94. The molecule has 0 radical (unpaired) electrons. The molecule has 2 saturated heterocycles. The SMILES string of the molecule is O=C1CCC(N2Cc3ccc(CNCC4CNCC45CC5)cc3C2=O)C(=O)N1. The average Bonchev–Trinajstić information content (AvgIpc) is 3.24. The number of nitrogens with zero attached hydrogens (tertiary/aromatic N) is 1. The van der Waals surface area contributed by atoms with Gasteiger partial charge in [-0.1, -0.05) is 12.1 Å². The molecular weight excluding hydrogens is 356 g/mol. The van der Waals surface area contributed by atoms with Crippen molar-refractivity contribution in [3.63, 3.8) is 0 Å². The van der Waals surface area contributed by atoms with E-state index in [1.54, 1.807) is 4.90 Å². The van der Waals surface area contributed by atoms with Crippen LogP contribution in [0.1, 0.15) is 47.2 Å². The summed E-state index contributed by atoms with van der Waals surface area (Å²) in [6, 6.07) is 5.46. The first-order valence-corrected chi connectivity index (χ1v) is 10.2. The van der Waals surface area contributed by atoms with Gasteiger partial charge in [-0.2, -0.15) is 0 Å². The minimum absolute atomic E-state index is 0.108. The molecule has 3 aliphatic heterocycles. The number of carbonyl (C=O) groups is 3. The summed E-state index contributed by atoms with van der Waals surface area (Å²) in [5, 5.41) is 9.42. The molecule has 148 valence electrons. The van der Waals surface area contributed by atoms with E-state index in [0.29, 0.717) is 29.9 Å². The van der Waals surface area contributed by atoms with Gasteiger partial charge >= 0.3 is 0 Å². The molecule has 1 aromatic rings. The highest BCUT2D eigenvalue weighted by Gasteiger charge is 2.51. The molecule has 3 N–H and O–H groups in total. The molecule has 1 spiro atoms. The van der Waals surface area contributed by atoms with E-state index in [1.165, 1.54) is 12.8 Å². The zero-order chi connectivity index (χ0) is 19.3. The van der Waals surface area contributed by atoms with Crippen molar-refractivity contribution in [2.45, 2.75) is 44.8 Å². The first kappa shape index (κ1) is 17.8. The maximum Gasteiger partial charge on any atom is 0.255 e. The molecular formula is C21H26N4O3. The van der Waals surface area contributed by atoms with Crippen molar-refractivity contribution in [2.24, 2.45) is 11.3 Å². The van der Waals surface area contributed by atoms with Crippen molar-refractivity contribution in [3.05, 3.63) is 34.9 Å². The van der Waals surface area contributed by atoms with Crippen LogP contribution < -0.4 is 16.0 Å². The average molecular weight is 382 g/mol. The lowest BCUT2D eigenvalue weighted by Crippen LogP contribution is -2.52. The Morgan fingerprint density at radius 1 is 1.21 bits per heavy atom. The summed E-state index contributed by atoms with van der Waals surface area (Å²) in [6.45, 7) is 4.43. The molecule has 7 heteroatoms. The minimum Gasteiger partial charge on any atom is -0.322 e. The highest BCUT2D eigenvalue weighted by molar-refractivity contribution is 6.05. The number of amides is 3. The van der Waals surface area contributed by atoms with E-state index < -0.39 is 6.04 Å². The molecule has 1 saturated carbocycles. The number of benzene rings is 1. The number of hydrogen-bond donors (Lipinski definition) is 3. The minimum atomic E-state index is -0.552. The van der Waals surface area contributed by atoms with Crippen LogP contribution in [-0.4, -0.2) is 48.3 Å². The lowest BCUT2D eigenvalue weighted by Gasteiger charge is -2.29. The van der Waals surface area contributed by atoms with E-state index >= 15 is 0 Å². The van der Waals surface area contributed by atoms with Gasteiger partial charge in [0.05, 0.1) is 0 Å². The first-order valence-electron chi connectivity index (χ1n) is 10.2. The Labute approximate surface area is 164 Å². The fraction of sp³-hybridized carbons (Fsp3) is 0.571. The predicted octanol–water partition coefficient (Wildman–Crippen LogP) is 0.537. The Morgan fingerprint density at radius 2 is 2.07 bits per heavy atom. The van der Waals surface area contributed by atoms with E-state index in [4.69, 9.17) is 0 Å². The van der Waals surface area contributed by atoms with Gasteiger partial charge in [-0.05, 0) is 54.3 Å². The van der Waals surface area contributed by atoms with Gasteiger partial charge in [0.1, 0.15) is 6.04 Å². The number of nitrogens with one attached hydrogen (secondary N) is 3. The zero-order valence-electron chi connectivity index (χ0n) is 15.9. The second-order valence-electron chi connectivity index (χ2n) is 8.71. The third-order valence-electron chi connectivity index (χ3n) is 6.94. The number of hydrogen-bond acceptors (Lipinski definition) is 5. The standard InChI is InChI=1S/C21H26N4O3/c26-18-4-3-17(19(27)24-18)25-11-14-2-1-13(7-16(14)20(25)28)8-22-9-15-10-23-12-21(15)5-6-21/h1-2,7,15,17,22-23H,3-6,8-12H2,(H,24,26,27). The van der Waals surface area contributed by atoms with Crippen molar-refractivity contribution in [2.75, 3.05) is 19.6 Å². The fourth-order valence-corrected chi connectivity index (χ4v) is 4.99. The van der Waals surface area contributed by atoms with Gasteiger partial charge in [-0.15, -0.1) is 0 Å². The number of fused-ring (bicyclic) bond motifs is 1. The molecule has 3 amide bonds. The monoisotopic (exact) mass is 382 g/mol. The van der Waals surface area contributed by atoms with E-state index in [2.05, 4.69) is 22.0 Å². The van der Waals surface area contributed by atoms with Crippen LogP contribution in [-0.2, 0) is 22.7 Å². The molecule has 1 aliphatic carbocycles. The molecule has 2 atom stereocenters. The van der Waals surface area contributed by atoms with Gasteiger partial charge in [0.15, 0.2) is 0 Å². The zero-order valence-corrected chi connectivity index (χ0v) is 15.9. The lowest BCUT2D eigenvalue weighted by molar-refractivity contribution is -0.136. The van der Waals surface area contributed by atoms with Gasteiger partial charge in [0, 0.05) is 38.2 Å². The van der Waals surface area contributed by atoms with Crippen LogP contribution in [0.15, 0.2) is 18.2 Å². The van der Waals surface area contributed by atoms with Crippen LogP contribution in [0, 0.1) is 11.3 Å². The Balaban J connectivity index is 1.22. The highest BCUT2D eigenvalue weighted by atomic mass is 16.2. The number of piperidine rings is 1. The largest absolute Gasteiger partial charge is 0.322 e. The van der Waals surface area contributed by atoms with Gasteiger partial charge in [0.2, 0.25) is 11.8 Å². The van der Waals surface area contributed by atoms with Crippen LogP contribution in [0.4, 0.5) is 0 Å². The Bertz CT molecular complexity index is 848. The smallest absolute Gasteiger partial charge is 0.255 e. The predicted molar refractivity (Wildman–Crippen MR) is 102 cm³/mol. The fourth-order valence-electron chi connectivity index (χ4n) is 4.99. The molecule has 2 unspecified atom stereocenters. The summed E-state index contributed by atoms with van der Waals surface area (Å²) in [5.41, 5.74) is 3.28. The van der Waals surface area contributed by atoms with E-state index in [-0.39, 0.29) is 24.1 Å². The summed E-state index contributed by atoms with van der Waals surface area (Å²) < 4.78 is 0. The van der Waals surface area contributed by atoms with Crippen molar-refractivity contribution in [3.8, 4) is 0 Å². The van der Waals surface area contributed by atoms with Crippen LogP contribution in [0.3, 0.4) is 0 Å². The van der Waals surface area contributed by atoms with Crippen molar-refractivity contribution in [1.82, 2.24) is 20.9 Å². The van der Waals surface area contributed by atoms with Crippen LogP contribution in [0.25, 0.3) is 0 Å². The van der Waals surface area contributed by atoms with E-state index in [1.807, 2.05) is 12.1 Å². The van der Waals surface area contributed by atoms with Crippen LogP contribution in [0.5, 0.6) is 0 Å². The van der Waals surface area contributed by atoms with E-state index in [0.717, 1.165) is 37.3 Å². The summed E-state index contributed by atoms with van der Waals surface area (Å²) in [6.07, 6.45) is 3.37. The Morgan fingerprint density at radius 3 is 2.86 bits per heavy atom. The molecule has 0 aromatic heterocycles. The summed E-state index contributed by atoms with van der Waals surface area (Å²) in [7, 11) is 0. The van der Waals surface area contributed by atoms with Gasteiger partial charge in [-0.25, -0.2) is 0 Å². The molecule has 0 bridgehead atoms. The maximum absolute atomic E-state index is 12.9. The third kappa shape index (κ3) is 3.02. The van der Waals surface area contributed by atoms with Crippen molar-refractivity contribution in [1.29, 1.82) is 0 Å². The molecule has 28 heavy (non-hydrogen) atoms. The molecule has 1 aromatic carbocycles. The maximum atomic E-state index is 12.9. The number of rotatable bonds is 5. The second kappa shape index (κ2) is 6.67. The van der Waals surface area contributed by atoms with Crippen LogP contribution >= 0.6 is 0 Å². The second-order valence-corrected chi connectivity index (χ2v) is 8.71. The molecule has 4 aliphatic rings. The Hall–Kier alpha value is -2.25. The van der Waals surface area contributed by atoms with Crippen molar-refractivity contribution >= 4 is 17.7 Å². The highest BCUT2D eigenvalue weighted by Crippen LogP contribution is 2.53. The van der Waals surface area contributed by atoms with Gasteiger partial charge in [0.25, 0.3) is 5.91 Å². The number of imide groups is 1. The van der Waals surface area contributed by atoms with E-state index in [9.17, 15) is 14.4 Å². The van der Waals surface area contributed by atoms with Crippen molar-refractivity contribution < 1.29 is 14.4 Å². The van der Waals surface area contributed by atoms with Gasteiger partial charge in [-0.3, -0.25) is 19.7 Å². The van der Waals surface area contributed by atoms with Crippen LogP contribution in [0.2, 0.25) is 0 Å². The summed E-state index contributed by atoms with van der Waals surface area (Å²) >= 11 is 0. The summed E-state index contributed by atoms with van der Waals surface area (Å²) in [4.78, 5) is 38.0. The Kier molecular flexibility index (Phi) is 4.25. The molecule has 5 rings (SSSR count). The molecule has 3 fully saturated rings. The normalized spacial score (nSPS) is 28.0. The molecule has 3 heterocycles.